The van der Waals surface area contributed by atoms with E-state index in [1.54, 1.807) is 7.11 Å². The molecule has 0 radical (unpaired) electrons. The molecule has 0 fully saturated rings. The smallest absolute Gasteiger partial charge is 0.305 e. The van der Waals surface area contributed by atoms with Gasteiger partial charge < -0.3 is 24.8 Å². The summed E-state index contributed by atoms with van der Waals surface area (Å²) in [6, 6.07) is 7.57. The second-order valence-corrected chi connectivity index (χ2v) is 6.49. The summed E-state index contributed by atoms with van der Waals surface area (Å²) in [5, 5.41) is 6.59. The van der Waals surface area contributed by atoms with Gasteiger partial charge in [0.15, 0.2) is 5.96 Å². The van der Waals surface area contributed by atoms with Crippen molar-refractivity contribution < 1.29 is 19.0 Å². The molecule has 1 rings (SSSR count). The Morgan fingerprint density at radius 2 is 1.83 bits per heavy atom. The van der Waals surface area contributed by atoms with Crippen LogP contribution in [0.1, 0.15) is 46.0 Å². The maximum atomic E-state index is 11.1. The van der Waals surface area contributed by atoms with Crippen molar-refractivity contribution in [2.45, 2.75) is 52.1 Å². The first kappa shape index (κ1) is 27.3. The van der Waals surface area contributed by atoms with Gasteiger partial charge in [-0.1, -0.05) is 18.9 Å². The highest BCUT2D eigenvalue weighted by molar-refractivity contribution is 14.0. The second kappa shape index (κ2) is 17.2. The van der Waals surface area contributed by atoms with Gasteiger partial charge in [0.1, 0.15) is 17.6 Å². The molecule has 29 heavy (non-hydrogen) atoms. The maximum absolute atomic E-state index is 11.1. The Hall–Kier alpha value is -1.71. The fourth-order valence-electron chi connectivity index (χ4n) is 2.56. The molecule has 0 bridgehead atoms. The fourth-order valence-corrected chi connectivity index (χ4v) is 2.56. The van der Waals surface area contributed by atoms with Gasteiger partial charge >= 0.3 is 5.97 Å². The van der Waals surface area contributed by atoms with E-state index in [0.29, 0.717) is 13.0 Å². The molecular weight excluding hydrogens is 485 g/mol. The number of rotatable bonds is 13. The number of esters is 1. The van der Waals surface area contributed by atoms with Crippen molar-refractivity contribution in [1.29, 1.82) is 0 Å². The van der Waals surface area contributed by atoms with Gasteiger partial charge in [-0.2, -0.15) is 0 Å². The molecule has 0 heterocycles. The number of carbonyl (C=O) groups is 1. The number of carbonyl (C=O) groups excluding carboxylic acids is 1. The van der Waals surface area contributed by atoms with Crippen molar-refractivity contribution in [2.24, 2.45) is 4.99 Å². The number of aliphatic imine (C=N–C) groups is 1. The highest BCUT2D eigenvalue weighted by Crippen LogP contribution is 2.19. The van der Waals surface area contributed by atoms with Crippen molar-refractivity contribution >= 4 is 35.9 Å². The van der Waals surface area contributed by atoms with Crippen LogP contribution in [0.25, 0.3) is 0 Å². The Balaban J connectivity index is 0.00000784. The molecule has 1 atom stereocenters. The number of hydrogen-bond acceptors (Lipinski definition) is 5. The van der Waals surface area contributed by atoms with Crippen molar-refractivity contribution in [3.05, 3.63) is 24.3 Å². The van der Waals surface area contributed by atoms with Crippen LogP contribution in [-0.4, -0.2) is 51.9 Å². The lowest BCUT2D eigenvalue weighted by molar-refractivity contribution is -0.140. The number of guanidine groups is 1. The molecule has 8 heteroatoms. The molecule has 0 aliphatic rings. The van der Waals surface area contributed by atoms with Crippen LogP contribution in [0.3, 0.4) is 0 Å². The van der Waals surface area contributed by atoms with E-state index in [4.69, 9.17) is 9.47 Å². The molecule has 7 nitrogen and oxygen atoms in total. The number of ether oxygens (including phenoxy) is 3. The topological polar surface area (TPSA) is 81.2 Å². The molecule has 1 unspecified atom stereocenters. The van der Waals surface area contributed by atoms with Crippen molar-refractivity contribution in [2.75, 3.05) is 33.9 Å². The van der Waals surface area contributed by atoms with Crippen LogP contribution in [0.15, 0.2) is 29.3 Å². The van der Waals surface area contributed by atoms with E-state index in [-0.39, 0.29) is 36.0 Å². The molecule has 2 N–H and O–H groups in total. The van der Waals surface area contributed by atoms with Gasteiger partial charge in [-0.15, -0.1) is 24.0 Å². The summed E-state index contributed by atoms with van der Waals surface area (Å²) in [5.74, 6) is 2.20. The zero-order chi connectivity index (χ0) is 20.6. The second-order valence-electron chi connectivity index (χ2n) is 6.49. The standard InChI is InChI=1S/C21H35N3O4.HI/c1-5-22-21(23-14-9-7-6-8-13-20(25)27-4)24-16-17(2)28-19-12-10-11-18(15-19)26-3;/h10-12,15,17H,5-9,13-14,16H2,1-4H3,(H2,22,23,24);1H. The molecule has 1 aromatic rings. The first-order valence-corrected chi connectivity index (χ1v) is 9.98. The minimum absolute atomic E-state index is 0. The zero-order valence-electron chi connectivity index (χ0n) is 18.0. The predicted octanol–water partition coefficient (Wildman–Crippen LogP) is 3.76. The summed E-state index contributed by atoms with van der Waals surface area (Å²) in [5.41, 5.74) is 0. The highest BCUT2D eigenvalue weighted by Gasteiger charge is 2.06. The lowest BCUT2D eigenvalue weighted by atomic mass is 10.1. The van der Waals surface area contributed by atoms with Crippen LogP contribution in [0, 0.1) is 0 Å². The molecule has 0 saturated carbocycles. The predicted molar refractivity (Wildman–Crippen MR) is 128 cm³/mol. The van der Waals surface area contributed by atoms with Crippen LogP contribution in [0.5, 0.6) is 11.5 Å². The van der Waals surface area contributed by atoms with Gasteiger partial charge in [0.05, 0.1) is 20.8 Å². The van der Waals surface area contributed by atoms with Crippen molar-refractivity contribution in [3.8, 4) is 11.5 Å². The van der Waals surface area contributed by atoms with Crippen molar-refractivity contribution in [1.82, 2.24) is 10.6 Å². The lowest BCUT2D eigenvalue weighted by Gasteiger charge is -2.15. The van der Waals surface area contributed by atoms with Crippen LogP contribution in [0.2, 0.25) is 0 Å². The molecule has 166 valence electrons. The SMILES string of the molecule is CCNC(=NCC(C)Oc1cccc(OC)c1)NCCCCCCC(=O)OC.I. The number of unbranched alkanes of at least 4 members (excludes halogenated alkanes) is 3. The molecule has 1 aromatic carbocycles. The first-order valence-electron chi connectivity index (χ1n) is 9.98. The van der Waals surface area contributed by atoms with Gasteiger partial charge in [-0.25, -0.2) is 4.99 Å². The van der Waals surface area contributed by atoms with Gasteiger partial charge in [0, 0.05) is 25.6 Å². The van der Waals surface area contributed by atoms with E-state index in [2.05, 4.69) is 20.4 Å². The Morgan fingerprint density at radius 1 is 1.10 bits per heavy atom. The van der Waals surface area contributed by atoms with Gasteiger partial charge in [-0.3, -0.25) is 4.79 Å². The third-order valence-electron chi connectivity index (χ3n) is 4.06. The summed E-state index contributed by atoms with van der Waals surface area (Å²) >= 11 is 0. The minimum Gasteiger partial charge on any atom is -0.497 e. The summed E-state index contributed by atoms with van der Waals surface area (Å²) in [6.07, 6.45) is 4.44. The first-order chi connectivity index (χ1) is 13.6. The van der Waals surface area contributed by atoms with E-state index in [9.17, 15) is 4.79 Å². The fraction of sp³-hybridized carbons (Fsp3) is 0.619. The number of halogens is 1. The third-order valence-corrected chi connectivity index (χ3v) is 4.06. The van der Waals surface area contributed by atoms with E-state index >= 15 is 0 Å². The van der Waals surface area contributed by atoms with Crippen LogP contribution in [-0.2, 0) is 9.53 Å². The molecule has 0 aromatic heterocycles. The van der Waals surface area contributed by atoms with E-state index in [1.165, 1.54) is 7.11 Å². The maximum Gasteiger partial charge on any atom is 0.305 e. The largest absolute Gasteiger partial charge is 0.497 e. The lowest BCUT2D eigenvalue weighted by Crippen LogP contribution is -2.38. The zero-order valence-corrected chi connectivity index (χ0v) is 20.4. The normalized spacial score (nSPS) is 11.8. The minimum atomic E-state index is -0.134. The Labute approximate surface area is 192 Å². The molecule has 0 saturated heterocycles. The molecule has 0 aliphatic heterocycles. The van der Waals surface area contributed by atoms with E-state index in [1.807, 2.05) is 38.1 Å². The van der Waals surface area contributed by atoms with Crippen LogP contribution in [0.4, 0.5) is 0 Å². The summed E-state index contributed by atoms with van der Waals surface area (Å²) in [6.45, 7) is 6.23. The number of nitrogens with one attached hydrogen (secondary N) is 2. The average molecular weight is 521 g/mol. The van der Waals surface area contributed by atoms with E-state index < -0.39 is 0 Å². The average Bonchev–Trinajstić information content (AvgIpc) is 2.71. The Bertz CT molecular complexity index is 599. The highest BCUT2D eigenvalue weighted by atomic mass is 127. The third kappa shape index (κ3) is 13.2. The van der Waals surface area contributed by atoms with Crippen LogP contribution >= 0.6 is 24.0 Å². The summed E-state index contributed by atoms with van der Waals surface area (Å²) in [7, 11) is 3.07. The van der Waals surface area contributed by atoms with Crippen molar-refractivity contribution in [3.63, 3.8) is 0 Å². The quantitative estimate of drug-likeness (QED) is 0.135. The number of hydrogen-bond donors (Lipinski definition) is 2. The molecule has 0 aliphatic carbocycles. The van der Waals surface area contributed by atoms with Gasteiger partial charge in [-0.05, 0) is 38.8 Å². The number of benzene rings is 1. The molecule has 0 spiro atoms. The Morgan fingerprint density at radius 3 is 2.52 bits per heavy atom. The molecular formula is C21H36IN3O4. The number of nitrogens with zero attached hydrogens (tertiary/aromatic N) is 1. The van der Waals surface area contributed by atoms with Crippen LogP contribution < -0.4 is 20.1 Å². The van der Waals surface area contributed by atoms with Gasteiger partial charge in [0.25, 0.3) is 0 Å². The van der Waals surface area contributed by atoms with E-state index in [0.717, 1.165) is 56.2 Å². The summed E-state index contributed by atoms with van der Waals surface area (Å²) < 4.78 is 15.8. The summed E-state index contributed by atoms with van der Waals surface area (Å²) in [4.78, 5) is 15.7. The molecule has 0 amide bonds. The van der Waals surface area contributed by atoms with Gasteiger partial charge in [0.2, 0.25) is 0 Å². The monoisotopic (exact) mass is 521 g/mol. The Kier molecular flexibility index (Phi) is 16.2. The number of methoxy groups -OCH3 is 2.